The van der Waals surface area contributed by atoms with Crippen LogP contribution in [-0.4, -0.2) is 182 Å². The fourth-order valence-corrected chi connectivity index (χ4v) is 12.1. The molecule has 5 rings (SSSR count). The number of esters is 1. The van der Waals surface area contributed by atoms with Crippen LogP contribution >= 0.6 is 11.3 Å². The number of carbonyl (C=O) groups excluding carboxylic acids is 1. The molecule has 17 nitrogen and oxygen atoms in total. The Morgan fingerprint density at radius 3 is 2.35 bits per heavy atom. The third kappa shape index (κ3) is 15.2. The van der Waals surface area contributed by atoms with Crippen LogP contribution in [0.1, 0.15) is 138 Å². The number of hydrogen-bond acceptors (Lipinski definition) is 17. The highest BCUT2D eigenvalue weighted by Crippen LogP contribution is 2.42. The molecule has 2 aliphatic heterocycles. The molecule has 0 aliphatic carbocycles. The molecular weight excluding hydrogens is 972 g/mol. The highest BCUT2D eigenvalue weighted by molar-refractivity contribution is 7.13. The Labute approximate surface area is 444 Å². The van der Waals surface area contributed by atoms with Gasteiger partial charge in [0, 0.05) is 77.5 Å². The van der Waals surface area contributed by atoms with Crippen LogP contribution in [0.4, 0.5) is 4.39 Å². The molecule has 19 heteroatoms. The molecule has 2 unspecified atom stereocenters. The average Bonchev–Trinajstić information content (AvgIpc) is 4.09. The number of alkyl halides is 1. The van der Waals surface area contributed by atoms with E-state index >= 15 is 0 Å². The molecule has 0 radical (unpaired) electrons. The number of hydrogen-bond donors (Lipinski definition) is 4. The molecule has 2 aliphatic rings. The largest absolute Gasteiger partial charge is 0.459 e. The van der Waals surface area contributed by atoms with E-state index < -0.39 is 84.4 Å². The van der Waals surface area contributed by atoms with Crippen molar-refractivity contribution in [2.24, 2.45) is 17.8 Å². The third-order valence-corrected chi connectivity index (χ3v) is 17.3. The summed E-state index contributed by atoms with van der Waals surface area (Å²) in [6.07, 6.45) is 0.822. The van der Waals surface area contributed by atoms with Crippen LogP contribution in [0.15, 0.2) is 42.2 Å². The molecule has 2 saturated heterocycles. The Hall–Kier alpha value is -3.05. The molecule has 4 heterocycles. The Bertz CT molecular complexity index is 2140. The molecule has 74 heavy (non-hydrogen) atoms. The number of ether oxygens (including phenoxy) is 6. The number of halogens is 1. The van der Waals surface area contributed by atoms with Gasteiger partial charge in [0.1, 0.15) is 42.7 Å². The van der Waals surface area contributed by atoms with E-state index in [0.717, 1.165) is 28.1 Å². The smallest absolute Gasteiger partial charge is 0.305 e. The Kier molecular flexibility index (Phi) is 22.6. The zero-order chi connectivity index (χ0) is 54.9. The first kappa shape index (κ1) is 61.8. The maximum Gasteiger partial charge on any atom is 0.305 e. The predicted octanol–water partition coefficient (Wildman–Crippen LogP) is 7.21. The van der Waals surface area contributed by atoms with Crippen molar-refractivity contribution in [1.29, 1.82) is 0 Å². The Morgan fingerprint density at radius 2 is 1.76 bits per heavy atom. The molecule has 0 amide bonds. The highest BCUT2D eigenvalue weighted by atomic mass is 32.1. The predicted molar refractivity (Wildman–Crippen MR) is 283 cm³/mol. The molecule has 1 aromatic carbocycles. The minimum Gasteiger partial charge on any atom is -0.459 e. The van der Waals surface area contributed by atoms with Crippen LogP contribution in [-0.2, 0) is 39.6 Å². The van der Waals surface area contributed by atoms with E-state index in [4.69, 9.17) is 28.4 Å². The lowest BCUT2D eigenvalue weighted by Gasteiger charge is -2.49. The number of methoxy groups -OCH3 is 2. The molecule has 3 aromatic rings. The summed E-state index contributed by atoms with van der Waals surface area (Å²) in [5.41, 5.74) is 0.441. The van der Waals surface area contributed by atoms with Gasteiger partial charge in [-0.05, 0) is 104 Å². The van der Waals surface area contributed by atoms with Gasteiger partial charge in [0.05, 0.1) is 51.7 Å². The summed E-state index contributed by atoms with van der Waals surface area (Å²) in [5.74, 6) is -0.993. The minimum absolute atomic E-state index is 0.0587. The number of aliphatic hydroxyl groups is 4. The number of carbonyl (C=O) groups is 1. The van der Waals surface area contributed by atoms with Crippen LogP contribution in [0.3, 0.4) is 0 Å². The van der Waals surface area contributed by atoms with Crippen LogP contribution < -0.4 is 0 Å². The molecule has 0 spiro atoms. The molecule has 4 N–H and O–H groups in total. The van der Waals surface area contributed by atoms with Crippen molar-refractivity contribution in [2.45, 2.75) is 211 Å². The highest BCUT2D eigenvalue weighted by Gasteiger charge is 2.50. The van der Waals surface area contributed by atoms with Gasteiger partial charge in [-0.25, -0.2) is 9.07 Å². The fraction of sp³-hybridized carbons (Fsp3) is 0.782. The van der Waals surface area contributed by atoms with Crippen molar-refractivity contribution in [3.05, 3.63) is 53.4 Å². The van der Waals surface area contributed by atoms with Crippen molar-refractivity contribution in [2.75, 3.05) is 48.1 Å². The maximum absolute atomic E-state index is 14.8. The average molecular weight is 1060 g/mol. The van der Waals surface area contributed by atoms with Gasteiger partial charge in [-0.3, -0.25) is 9.78 Å². The lowest BCUT2D eigenvalue weighted by atomic mass is 9.73. The van der Waals surface area contributed by atoms with E-state index in [1.54, 1.807) is 55.8 Å². The van der Waals surface area contributed by atoms with Crippen molar-refractivity contribution in [3.8, 4) is 10.4 Å². The van der Waals surface area contributed by atoms with E-state index in [-0.39, 0.29) is 42.4 Å². The van der Waals surface area contributed by atoms with Crippen molar-refractivity contribution >= 4 is 17.3 Å². The van der Waals surface area contributed by atoms with Gasteiger partial charge >= 0.3 is 5.97 Å². The van der Waals surface area contributed by atoms with E-state index in [9.17, 15) is 29.6 Å². The first-order valence-electron chi connectivity index (χ1n) is 26.7. The van der Waals surface area contributed by atoms with Gasteiger partial charge in [-0.15, -0.1) is 16.4 Å². The summed E-state index contributed by atoms with van der Waals surface area (Å²) in [6, 6.07) is 6.69. The Morgan fingerprint density at radius 1 is 1.07 bits per heavy atom. The van der Waals surface area contributed by atoms with Crippen LogP contribution in [0.25, 0.3) is 10.4 Å². The molecule has 2 aromatic heterocycles. The summed E-state index contributed by atoms with van der Waals surface area (Å²) in [7, 11) is 7.12. The second kappa shape index (κ2) is 27.0. The van der Waals surface area contributed by atoms with E-state index in [2.05, 4.69) is 41.1 Å². The number of aliphatic hydroxyl groups excluding tert-OH is 2. The lowest BCUT2D eigenvalue weighted by Crippen LogP contribution is -2.59. The monoisotopic (exact) mass is 1060 g/mol. The molecule has 2 fully saturated rings. The van der Waals surface area contributed by atoms with Gasteiger partial charge < -0.3 is 58.6 Å². The van der Waals surface area contributed by atoms with E-state index in [0.29, 0.717) is 45.2 Å². The van der Waals surface area contributed by atoms with Gasteiger partial charge in [0.2, 0.25) is 0 Å². The van der Waals surface area contributed by atoms with E-state index in [1.165, 1.54) is 6.92 Å². The van der Waals surface area contributed by atoms with Gasteiger partial charge in [0.15, 0.2) is 6.29 Å². The fourth-order valence-electron chi connectivity index (χ4n) is 11.4. The molecule has 0 saturated carbocycles. The number of rotatable bonds is 28. The number of aromatic nitrogens is 4. The number of benzene rings is 1. The summed E-state index contributed by atoms with van der Waals surface area (Å²) < 4.78 is 53.8. The minimum atomic E-state index is -1.71. The Balaban J connectivity index is 1.29. The number of nitrogens with zero attached hydrogens (tertiary/aromatic N) is 6. The number of likely N-dealkylation sites (N-methyl/N-ethyl adjacent to an activating group) is 2. The van der Waals surface area contributed by atoms with Crippen LogP contribution in [0.2, 0.25) is 0 Å². The summed E-state index contributed by atoms with van der Waals surface area (Å²) in [6.45, 7) is 21.0. The first-order chi connectivity index (χ1) is 34.8. The van der Waals surface area contributed by atoms with Gasteiger partial charge in [-0.2, -0.15) is 0 Å². The summed E-state index contributed by atoms with van der Waals surface area (Å²) in [5, 5.41) is 55.8. The van der Waals surface area contributed by atoms with Crippen LogP contribution in [0.5, 0.6) is 0 Å². The SMILES string of the molecule is CCC(=O)O[C@H](CC)[C@@](C)(O)[C@H](O)[C@@H](C)N(C)C[C@H](C)C[C@@](C)(O)[C@H](OC1C[C@@H](N(C)CCc2cn([C@H](CF)[C@H](OC)c3ccc(-c4cncs4)cc3)nn2)C[C@@H](C)O1)[C@@H](C)[C@@H](C)C1C[C@@](C)(OC)[C@@H](O)[C@H](C)O1. The van der Waals surface area contributed by atoms with Crippen LogP contribution in [0, 0.1) is 17.8 Å². The zero-order valence-corrected chi connectivity index (χ0v) is 47.7. The quantitative estimate of drug-likeness (QED) is 0.0531. The molecule has 420 valence electrons. The summed E-state index contributed by atoms with van der Waals surface area (Å²) >= 11 is 1.56. The molecule has 0 bridgehead atoms. The second-order valence-corrected chi connectivity index (χ2v) is 23.3. The van der Waals surface area contributed by atoms with Crippen molar-refractivity contribution in [3.63, 3.8) is 0 Å². The van der Waals surface area contributed by atoms with Gasteiger partial charge in [0.25, 0.3) is 0 Å². The number of thiazole rings is 1. The standard InChI is InChI=1S/C55H91FN6O11S/c1-16-46(72-47(63)17-2)55(11,67)50(64)37(7)61(13)30-33(3)26-53(9,66)52(36(6)35(5)44-27-54(10,69-15)51(65)38(8)71-44)73-48-25-42(24-34(4)70-48)60(12)23-22-41-31-62(59-58-41)43(28-56)49(68-14)40-20-18-39(19-21-40)45-29-57-32-74-45/h18-21,29,31-38,42-44,46,48-52,64-67H,16-17,22-28,30H2,1-15H3/t33-,34-,35-,36+,37-,38+,42+,43-,44?,46-,48?,49-,50-,51+,52-,53-,54-,55-/m1/s1. The van der Waals surface area contributed by atoms with E-state index in [1.807, 2.05) is 84.0 Å². The normalized spacial score (nSPS) is 28.1. The molecule has 18 atom stereocenters. The van der Waals surface area contributed by atoms with Crippen molar-refractivity contribution in [1.82, 2.24) is 29.8 Å². The maximum atomic E-state index is 14.8. The van der Waals surface area contributed by atoms with Gasteiger partial charge in [-0.1, -0.05) is 64.1 Å². The summed E-state index contributed by atoms with van der Waals surface area (Å²) in [4.78, 5) is 21.7. The topological polar surface area (TPSA) is 203 Å². The zero-order valence-electron chi connectivity index (χ0n) is 46.9. The first-order valence-corrected chi connectivity index (χ1v) is 27.6. The second-order valence-electron chi connectivity index (χ2n) is 22.4. The third-order valence-electron chi connectivity index (χ3n) is 16.4. The molecular formula is C55H91FN6O11S. The van der Waals surface area contributed by atoms with Crippen molar-refractivity contribution < 1.29 is 58.0 Å². The lowest BCUT2D eigenvalue weighted by molar-refractivity contribution is -0.272.